The van der Waals surface area contributed by atoms with Gasteiger partial charge >= 0.3 is 6.18 Å². The van der Waals surface area contributed by atoms with Crippen LogP contribution in [0.2, 0.25) is 0 Å². The second-order valence-electron chi connectivity index (χ2n) is 9.74. The number of carbonyl (C=O) groups excluding carboxylic acids is 2. The molecule has 2 amide bonds. The third-order valence-electron chi connectivity index (χ3n) is 7.37. The molecular weight excluding hydrogens is 469 g/mol. The summed E-state index contributed by atoms with van der Waals surface area (Å²) in [6.07, 6.45) is -3.18. The number of alkyl halides is 3. The van der Waals surface area contributed by atoms with E-state index in [0.717, 1.165) is 18.9 Å². The number of benzene rings is 2. The molecule has 2 fully saturated rings. The number of nitrogens with zero attached hydrogens (tertiary/aromatic N) is 4. The Labute approximate surface area is 208 Å². The first kappa shape index (κ1) is 25.5. The predicted molar refractivity (Wildman–Crippen MR) is 129 cm³/mol. The molecule has 6 nitrogen and oxygen atoms in total. The van der Waals surface area contributed by atoms with Crippen molar-refractivity contribution >= 4 is 17.5 Å². The summed E-state index contributed by atoms with van der Waals surface area (Å²) in [6, 6.07) is 14.5. The smallest absolute Gasteiger partial charge is 0.370 e. The van der Waals surface area contributed by atoms with Gasteiger partial charge in [-0.2, -0.15) is 18.4 Å². The normalized spacial score (nSPS) is 20.8. The Morgan fingerprint density at radius 3 is 2.28 bits per heavy atom. The van der Waals surface area contributed by atoms with E-state index in [1.807, 2.05) is 28.0 Å². The maximum Gasteiger partial charge on any atom is 0.417 e. The summed E-state index contributed by atoms with van der Waals surface area (Å²) < 4.78 is 40.6. The molecular formula is C27H29F3N4O2. The number of piperidine rings is 1. The number of rotatable bonds is 4. The molecule has 0 aliphatic carbocycles. The van der Waals surface area contributed by atoms with Gasteiger partial charge in [0.05, 0.1) is 23.1 Å². The molecule has 9 heteroatoms. The van der Waals surface area contributed by atoms with Gasteiger partial charge in [-0.1, -0.05) is 18.2 Å². The van der Waals surface area contributed by atoms with Gasteiger partial charge in [-0.05, 0) is 55.0 Å². The van der Waals surface area contributed by atoms with Crippen molar-refractivity contribution in [3.63, 3.8) is 0 Å². The Morgan fingerprint density at radius 2 is 1.69 bits per heavy atom. The fraction of sp³-hybridized carbons (Fsp3) is 0.444. The van der Waals surface area contributed by atoms with Crippen molar-refractivity contribution in [3.05, 3.63) is 65.2 Å². The van der Waals surface area contributed by atoms with Crippen molar-refractivity contribution in [1.29, 1.82) is 5.26 Å². The molecule has 190 valence electrons. The average molecular weight is 499 g/mol. The minimum atomic E-state index is -4.64. The van der Waals surface area contributed by atoms with Crippen molar-refractivity contribution in [2.45, 2.75) is 19.0 Å². The first-order chi connectivity index (χ1) is 17.1. The quantitative estimate of drug-likeness (QED) is 0.632. The lowest BCUT2D eigenvalue weighted by Crippen LogP contribution is -2.43. The van der Waals surface area contributed by atoms with Gasteiger partial charge in [0.25, 0.3) is 5.91 Å². The zero-order valence-electron chi connectivity index (χ0n) is 20.3. The van der Waals surface area contributed by atoms with Crippen LogP contribution in [0.25, 0.3) is 0 Å². The Balaban J connectivity index is 1.52. The third-order valence-corrected chi connectivity index (χ3v) is 7.37. The van der Waals surface area contributed by atoms with Crippen molar-refractivity contribution in [2.24, 2.45) is 17.8 Å². The maximum atomic E-state index is 13.5. The molecule has 2 atom stereocenters. The Kier molecular flexibility index (Phi) is 7.25. The number of anilines is 1. The molecule has 0 radical (unpaired) electrons. The van der Waals surface area contributed by atoms with Crippen molar-refractivity contribution in [3.8, 4) is 6.07 Å². The summed E-state index contributed by atoms with van der Waals surface area (Å²) in [6.45, 7) is 1.92. The summed E-state index contributed by atoms with van der Waals surface area (Å²) in [5, 5.41) is 9.12. The van der Waals surface area contributed by atoms with Crippen molar-refractivity contribution < 1.29 is 22.8 Å². The van der Waals surface area contributed by atoms with Crippen LogP contribution < -0.4 is 4.90 Å². The van der Waals surface area contributed by atoms with E-state index in [1.54, 1.807) is 32.3 Å². The van der Waals surface area contributed by atoms with Crippen molar-refractivity contribution in [2.75, 3.05) is 45.2 Å². The maximum absolute atomic E-state index is 13.5. The molecule has 0 bridgehead atoms. The fourth-order valence-corrected chi connectivity index (χ4v) is 5.47. The molecule has 0 spiro atoms. The monoisotopic (exact) mass is 498 g/mol. The molecule has 2 heterocycles. The van der Waals surface area contributed by atoms with Crippen LogP contribution in [0.1, 0.15) is 34.3 Å². The lowest BCUT2D eigenvalue weighted by molar-refractivity contribution is -0.137. The number of amides is 2. The number of likely N-dealkylation sites (tertiary alicyclic amines) is 1. The minimum absolute atomic E-state index is 0.0136. The van der Waals surface area contributed by atoms with Crippen LogP contribution in [0, 0.1) is 29.1 Å². The molecule has 2 aromatic carbocycles. The zero-order valence-corrected chi connectivity index (χ0v) is 20.3. The summed E-state index contributed by atoms with van der Waals surface area (Å²) in [5.41, 5.74) is -0.380. The molecule has 0 unspecified atom stereocenters. The molecule has 36 heavy (non-hydrogen) atoms. The minimum Gasteiger partial charge on any atom is -0.370 e. The van der Waals surface area contributed by atoms with Gasteiger partial charge in [0, 0.05) is 51.5 Å². The summed E-state index contributed by atoms with van der Waals surface area (Å²) in [7, 11) is 3.37. The van der Waals surface area contributed by atoms with Crippen LogP contribution in [-0.2, 0) is 11.0 Å². The second-order valence-corrected chi connectivity index (χ2v) is 9.74. The highest BCUT2D eigenvalue weighted by Gasteiger charge is 2.44. The van der Waals surface area contributed by atoms with Gasteiger partial charge in [0.2, 0.25) is 5.91 Å². The van der Waals surface area contributed by atoms with E-state index in [4.69, 9.17) is 5.26 Å². The number of hydrogen-bond donors (Lipinski definition) is 0. The van der Waals surface area contributed by atoms with E-state index in [0.29, 0.717) is 37.4 Å². The summed E-state index contributed by atoms with van der Waals surface area (Å²) >= 11 is 0. The molecule has 2 aliphatic heterocycles. The van der Waals surface area contributed by atoms with E-state index in [9.17, 15) is 22.8 Å². The molecule has 4 rings (SSSR count). The second kappa shape index (κ2) is 10.2. The average Bonchev–Trinajstić information content (AvgIpc) is 3.33. The molecule has 2 aromatic rings. The van der Waals surface area contributed by atoms with Gasteiger partial charge < -0.3 is 14.7 Å². The van der Waals surface area contributed by atoms with Gasteiger partial charge in [-0.15, -0.1) is 0 Å². The number of halogens is 3. The van der Waals surface area contributed by atoms with Gasteiger partial charge in [0.1, 0.15) is 0 Å². The van der Waals surface area contributed by atoms with Crippen LogP contribution in [0.3, 0.4) is 0 Å². The van der Waals surface area contributed by atoms with Gasteiger partial charge in [-0.25, -0.2) is 0 Å². The van der Waals surface area contributed by atoms with E-state index >= 15 is 0 Å². The zero-order chi connectivity index (χ0) is 26.0. The highest BCUT2D eigenvalue weighted by atomic mass is 19.4. The predicted octanol–water partition coefficient (Wildman–Crippen LogP) is 4.27. The molecule has 2 saturated heterocycles. The van der Waals surface area contributed by atoms with Crippen LogP contribution >= 0.6 is 0 Å². The largest absolute Gasteiger partial charge is 0.417 e. The molecule has 0 aromatic heterocycles. The van der Waals surface area contributed by atoms with Crippen LogP contribution in [-0.4, -0.2) is 61.9 Å². The van der Waals surface area contributed by atoms with Crippen molar-refractivity contribution in [1.82, 2.24) is 9.80 Å². The lowest BCUT2D eigenvalue weighted by Gasteiger charge is -2.36. The summed E-state index contributed by atoms with van der Waals surface area (Å²) in [5.74, 6) is -0.287. The molecule has 2 aliphatic rings. The molecule has 0 saturated carbocycles. The van der Waals surface area contributed by atoms with E-state index in [-0.39, 0.29) is 29.6 Å². The third kappa shape index (κ3) is 5.18. The Bertz CT molecular complexity index is 1150. The van der Waals surface area contributed by atoms with Crippen LogP contribution in [0.5, 0.6) is 0 Å². The first-order valence-corrected chi connectivity index (χ1v) is 12.0. The van der Waals surface area contributed by atoms with E-state index in [2.05, 4.69) is 0 Å². The Hall–Kier alpha value is -3.54. The Morgan fingerprint density at radius 1 is 1.03 bits per heavy atom. The summed E-state index contributed by atoms with van der Waals surface area (Å²) in [4.78, 5) is 31.1. The number of hydrogen-bond acceptors (Lipinski definition) is 4. The highest BCUT2D eigenvalue weighted by Crippen LogP contribution is 2.40. The van der Waals surface area contributed by atoms with E-state index in [1.165, 1.54) is 17.0 Å². The standard InChI is InChI=1S/C27H29F3N4O2/c1-32(2)26(36)23-17-34(21-9-8-20(15-31)24(14-21)27(28,29)30)16-22(23)18-10-12-33(13-11-18)25(35)19-6-4-3-5-7-19/h3-9,14,18,22-23H,10-13,16-17H2,1-2H3/t22-,23+/m0/s1. The highest BCUT2D eigenvalue weighted by molar-refractivity contribution is 5.94. The first-order valence-electron chi connectivity index (χ1n) is 12.0. The molecule has 0 N–H and O–H groups in total. The number of nitriles is 1. The van der Waals surface area contributed by atoms with Gasteiger partial charge in [-0.3, -0.25) is 9.59 Å². The SMILES string of the molecule is CN(C)C(=O)[C@@H]1CN(c2ccc(C#N)c(C(F)(F)F)c2)C[C@H]1C1CCN(C(=O)c2ccccc2)CC1. The van der Waals surface area contributed by atoms with Gasteiger partial charge in [0.15, 0.2) is 0 Å². The fourth-order valence-electron chi connectivity index (χ4n) is 5.47. The van der Waals surface area contributed by atoms with Crippen LogP contribution in [0.4, 0.5) is 18.9 Å². The number of carbonyl (C=O) groups is 2. The lowest BCUT2D eigenvalue weighted by atomic mass is 9.78. The van der Waals surface area contributed by atoms with E-state index < -0.39 is 17.3 Å². The topological polar surface area (TPSA) is 67.7 Å². The van der Waals surface area contributed by atoms with Crippen LogP contribution in [0.15, 0.2) is 48.5 Å².